The monoisotopic (exact) mass is 1690 g/mol. The predicted molar refractivity (Wildman–Crippen MR) is 518 cm³/mol. The Balaban J connectivity index is 0.692. The molecule has 0 saturated heterocycles. The van der Waals surface area contributed by atoms with Gasteiger partial charge < -0.3 is 9.13 Å². The van der Waals surface area contributed by atoms with Gasteiger partial charge >= 0.3 is 0 Å². The van der Waals surface area contributed by atoms with Gasteiger partial charge in [-0.15, -0.1) is 0 Å². The molecule has 0 saturated carbocycles. The number of fused-ring (bicyclic) bond motifs is 6. The maximum absolute atomic E-state index is 11.8. The average Bonchev–Trinajstić information content (AvgIpc) is 1.58. The molecule has 7 heterocycles. The highest BCUT2D eigenvalue weighted by molar-refractivity contribution is 6.13. The zero-order chi connectivity index (χ0) is 88.0. The third kappa shape index (κ3) is 14.9. The van der Waals surface area contributed by atoms with Gasteiger partial charge in [-0.3, -0.25) is 0 Å². The smallest absolute Gasteiger partial charge is 0.165 e. The lowest BCUT2D eigenvalue weighted by Gasteiger charge is -2.16. The molecular formula is C113H67N19. The number of nitrogens with zero attached hydrogens (tertiary/aromatic N) is 19. The largest absolute Gasteiger partial charge is 0.309 e. The zero-order valence-corrected chi connectivity index (χ0v) is 70.2. The molecule has 0 amide bonds. The van der Waals surface area contributed by atoms with E-state index in [0.717, 1.165) is 133 Å². The fourth-order valence-electron chi connectivity index (χ4n) is 17.0. The van der Waals surface area contributed by atoms with Crippen LogP contribution in [0.15, 0.2) is 406 Å². The standard InChI is InChI=1S/C113H67N19/c114-68-70-46-48-71(49-47-70)90-67-87(132-97-60-52-83(110-124-103(76-36-18-5-19-37-76)118-104(125-110)77-38-20-6-21-39-77)65-93(97)94-66-84(53-61-98(94)132)111-126-105(78-40-22-7-23-41-78)119-106(127-111)79-42-24-8-25-43-79)55-57-89(90)113-129-107(80-44-26-9-27-45-80)128-112(130-113)88-56-54-86(62-85(88)69-115)131-95-58-50-81(108-120-99(72-28-10-1-11-29-72)116-100(121-108)73-30-12-2-13-31-73)63-91(95)92-64-82(51-59-96(92)131)109-122-101(74-32-14-3-15-33-74)117-102(123-109)75-34-16-4-17-35-75/h1-67H. The molecule has 614 valence electrons. The van der Waals surface area contributed by atoms with Crippen molar-refractivity contribution >= 4 is 43.6 Å². The molecule has 0 fully saturated rings. The van der Waals surface area contributed by atoms with Gasteiger partial charge in [0.05, 0.1) is 45.3 Å². The topological polar surface area (TPSA) is 251 Å². The molecule has 0 radical (unpaired) electrons. The second kappa shape index (κ2) is 33.6. The average molecular weight is 1690 g/mol. The predicted octanol–water partition coefficient (Wildman–Crippen LogP) is 25.2. The summed E-state index contributed by atoms with van der Waals surface area (Å²) >= 11 is 0. The van der Waals surface area contributed by atoms with E-state index in [1.54, 1.807) is 0 Å². The maximum Gasteiger partial charge on any atom is 0.165 e. The van der Waals surface area contributed by atoms with E-state index in [4.69, 9.17) is 74.8 Å². The minimum Gasteiger partial charge on any atom is -0.309 e. The second-order valence-electron chi connectivity index (χ2n) is 31.7. The van der Waals surface area contributed by atoms with Gasteiger partial charge in [-0.2, -0.15) is 10.5 Å². The van der Waals surface area contributed by atoms with E-state index in [0.29, 0.717) is 109 Å². The molecule has 19 heteroatoms. The summed E-state index contributed by atoms with van der Waals surface area (Å²) in [6, 6.07) is 139. The molecule has 0 atom stereocenters. The highest BCUT2D eigenvalue weighted by Gasteiger charge is 2.27. The third-order valence-corrected chi connectivity index (χ3v) is 23.5. The number of hydrogen-bond acceptors (Lipinski definition) is 17. The van der Waals surface area contributed by atoms with E-state index in [1.807, 2.05) is 334 Å². The van der Waals surface area contributed by atoms with E-state index in [1.165, 1.54) is 0 Å². The molecule has 132 heavy (non-hydrogen) atoms. The van der Waals surface area contributed by atoms with Crippen molar-refractivity contribution in [2.45, 2.75) is 0 Å². The highest BCUT2D eigenvalue weighted by atomic mass is 15.1. The Morgan fingerprint density at radius 2 is 0.371 bits per heavy atom. The fraction of sp³-hybridized carbons (Fsp3) is 0. The Bertz CT molecular complexity index is 7900. The summed E-state index contributed by atoms with van der Waals surface area (Å²) in [5, 5.41) is 25.7. The van der Waals surface area contributed by atoms with Crippen LogP contribution in [-0.2, 0) is 0 Å². The molecule has 23 aromatic rings. The molecule has 16 aromatic carbocycles. The van der Waals surface area contributed by atoms with Gasteiger partial charge in [-0.25, -0.2) is 74.8 Å². The van der Waals surface area contributed by atoms with Crippen LogP contribution in [0.2, 0.25) is 0 Å². The lowest BCUT2D eigenvalue weighted by atomic mass is 9.97. The summed E-state index contributed by atoms with van der Waals surface area (Å²) in [6.07, 6.45) is 0. The van der Waals surface area contributed by atoms with Gasteiger partial charge in [0.2, 0.25) is 0 Å². The molecule has 0 N–H and O–H groups in total. The Labute approximate surface area is 756 Å². The first-order chi connectivity index (χ1) is 65.3. The molecular weight excluding hydrogens is 1620 g/mol. The maximum atomic E-state index is 11.8. The van der Waals surface area contributed by atoms with Crippen molar-refractivity contribution in [3.05, 3.63) is 418 Å². The molecule has 0 aliphatic rings. The molecule has 0 bridgehead atoms. The first kappa shape index (κ1) is 77.9. The summed E-state index contributed by atoms with van der Waals surface area (Å²) in [5.41, 5.74) is 18.9. The van der Waals surface area contributed by atoms with Crippen molar-refractivity contribution < 1.29 is 0 Å². The minimum atomic E-state index is 0.265. The number of aromatic nitrogens is 17. The summed E-state index contributed by atoms with van der Waals surface area (Å²) < 4.78 is 4.43. The highest BCUT2D eigenvalue weighted by Crippen LogP contribution is 2.44. The number of rotatable bonds is 18. The van der Waals surface area contributed by atoms with E-state index < -0.39 is 0 Å². The molecule has 0 unspecified atom stereocenters. The molecule has 19 nitrogen and oxygen atoms in total. The summed E-state index contributed by atoms with van der Waals surface area (Å²) in [6.45, 7) is 0. The van der Waals surface area contributed by atoms with Crippen molar-refractivity contribution in [3.8, 4) is 205 Å². The van der Waals surface area contributed by atoms with Crippen molar-refractivity contribution in [1.29, 1.82) is 10.5 Å². The van der Waals surface area contributed by atoms with Gasteiger partial charge in [0.25, 0.3) is 0 Å². The van der Waals surface area contributed by atoms with Crippen molar-refractivity contribution in [2.75, 3.05) is 0 Å². The van der Waals surface area contributed by atoms with Crippen LogP contribution in [0, 0.1) is 22.7 Å². The van der Waals surface area contributed by atoms with Crippen LogP contribution in [0.3, 0.4) is 0 Å². The Morgan fingerprint density at radius 3 is 0.621 bits per heavy atom. The van der Waals surface area contributed by atoms with Crippen LogP contribution in [0.25, 0.3) is 237 Å². The van der Waals surface area contributed by atoms with Crippen LogP contribution >= 0.6 is 0 Å². The third-order valence-electron chi connectivity index (χ3n) is 23.5. The summed E-state index contributed by atoms with van der Waals surface area (Å²) in [4.78, 5) is 78.0. The Hall–Kier alpha value is -18.9. The lowest BCUT2D eigenvalue weighted by Crippen LogP contribution is -2.04. The van der Waals surface area contributed by atoms with Crippen molar-refractivity contribution in [2.24, 2.45) is 0 Å². The second-order valence-corrected chi connectivity index (χ2v) is 31.7. The fourth-order valence-corrected chi connectivity index (χ4v) is 17.0. The SMILES string of the molecule is N#Cc1ccc(-c2cc(-n3c4ccc(-c5nc(-c6ccccc6)nc(-c6ccccc6)n5)cc4c4cc(-c5nc(-c6ccccc6)nc(-c6ccccc6)n5)ccc43)ccc2-c2nc(-c3ccccc3)nc(-c3ccc(-n4c5ccc(-c6nc(-c7ccccc7)nc(-c7ccccc7)n6)cc5c5cc(-c6nc(-c7ccccc7)nc(-c7ccccc7)n6)ccc54)cc3C#N)n2)cc1. The first-order valence-corrected chi connectivity index (χ1v) is 42.9. The number of benzene rings is 16. The van der Waals surface area contributed by atoms with E-state index in [2.05, 4.69) is 94.1 Å². The number of hydrogen-bond donors (Lipinski definition) is 0. The molecule has 0 aliphatic carbocycles. The van der Waals surface area contributed by atoms with E-state index >= 15 is 0 Å². The van der Waals surface area contributed by atoms with Gasteiger partial charge in [0.1, 0.15) is 0 Å². The lowest BCUT2D eigenvalue weighted by molar-refractivity contribution is 1.07. The van der Waals surface area contributed by atoms with Crippen molar-refractivity contribution in [3.63, 3.8) is 0 Å². The normalized spacial score (nSPS) is 11.3. The Morgan fingerprint density at radius 1 is 0.159 bits per heavy atom. The van der Waals surface area contributed by atoms with Crippen LogP contribution in [0.1, 0.15) is 11.1 Å². The van der Waals surface area contributed by atoms with Crippen LogP contribution in [0.5, 0.6) is 0 Å². The molecule has 0 spiro atoms. The molecule has 23 rings (SSSR count). The van der Waals surface area contributed by atoms with Gasteiger partial charge in [0, 0.05) is 116 Å². The van der Waals surface area contributed by atoms with Crippen LogP contribution in [0.4, 0.5) is 0 Å². The Kier molecular flexibility index (Phi) is 19.8. The summed E-state index contributed by atoms with van der Waals surface area (Å²) in [7, 11) is 0. The van der Waals surface area contributed by atoms with Gasteiger partial charge in [-0.05, 0) is 132 Å². The van der Waals surface area contributed by atoms with Gasteiger partial charge in [-0.1, -0.05) is 285 Å². The van der Waals surface area contributed by atoms with Gasteiger partial charge in [0.15, 0.2) is 87.4 Å². The quantitative estimate of drug-likeness (QED) is 0.0774. The first-order valence-electron chi connectivity index (χ1n) is 42.9. The number of nitriles is 2. The van der Waals surface area contributed by atoms with Crippen LogP contribution < -0.4 is 0 Å². The summed E-state index contributed by atoms with van der Waals surface area (Å²) in [5.74, 6) is 7.21. The van der Waals surface area contributed by atoms with Crippen LogP contribution in [-0.4, -0.2) is 83.9 Å². The van der Waals surface area contributed by atoms with Crippen molar-refractivity contribution in [1.82, 2.24) is 83.9 Å². The molecule has 0 aliphatic heterocycles. The van der Waals surface area contributed by atoms with E-state index in [9.17, 15) is 10.5 Å². The van der Waals surface area contributed by atoms with E-state index in [-0.39, 0.29) is 5.82 Å². The minimum absolute atomic E-state index is 0.265. The zero-order valence-electron chi connectivity index (χ0n) is 70.2. The molecule has 7 aromatic heterocycles.